The van der Waals surface area contributed by atoms with Crippen molar-refractivity contribution < 1.29 is 14.0 Å². The molecule has 1 heterocycles. The number of rotatable bonds is 7. The van der Waals surface area contributed by atoms with E-state index in [-0.39, 0.29) is 24.1 Å². The van der Waals surface area contributed by atoms with E-state index in [1.807, 2.05) is 18.2 Å². The van der Waals surface area contributed by atoms with Crippen LogP contribution in [-0.4, -0.2) is 49.4 Å². The normalized spacial score (nSPS) is 14.0. The van der Waals surface area contributed by atoms with Gasteiger partial charge in [-0.25, -0.2) is 4.39 Å². The first-order valence-electron chi connectivity index (χ1n) is 9.71. The Balaban J connectivity index is 1.34. The highest BCUT2D eigenvalue weighted by atomic mass is 19.1. The third kappa shape index (κ3) is 5.81. The number of piperazine rings is 1. The van der Waals surface area contributed by atoms with Gasteiger partial charge in [0.15, 0.2) is 0 Å². The van der Waals surface area contributed by atoms with Crippen molar-refractivity contribution in [3.05, 3.63) is 66.0 Å². The molecule has 0 spiro atoms. The first-order chi connectivity index (χ1) is 13.6. The largest absolute Gasteiger partial charge is 0.368 e. The number of carbonyl (C=O) groups is 2. The second-order valence-corrected chi connectivity index (χ2v) is 6.96. The minimum atomic E-state index is -0.257. The van der Waals surface area contributed by atoms with Crippen LogP contribution < -0.4 is 10.2 Å². The van der Waals surface area contributed by atoms with Crippen molar-refractivity contribution >= 4 is 17.5 Å². The van der Waals surface area contributed by atoms with Crippen molar-refractivity contribution in [3.63, 3.8) is 0 Å². The Bertz CT molecular complexity index is 772. The van der Waals surface area contributed by atoms with Crippen LogP contribution in [0.1, 0.15) is 18.4 Å². The van der Waals surface area contributed by atoms with Crippen LogP contribution in [0, 0.1) is 5.82 Å². The summed E-state index contributed by atoms with van der Waals surface area (Å²) in [6.45, 7) is 3.06. The summed E-state index contributed by atoms with van der Waals surface area (Å²) in [5.74, 6) is -0.620. The van der Waals surface area contributed by atoms with Gasteiger partial charge >= 0.3 is 0 Å². The van der Waals surface area contributed by atoms with Gasteiger partial charge in [0.1, 0.15) is 12.2 Å². The lowest BCUT2D eigenvalue weighted by molar-refractivity contribution is -0.136. The zero-order chi connectivity index (χ0) is 19.8. The van der Waals surface area contributed by atoms with Crippen molar-refractivity contribution in [1.82, 2.24) is 10.2 Å². The zero-order valence-corrected chi connectivity index (χ0v) is 15.9. The molecule has 2 amide bonds. The molecule has 0 atom stereocenters. The lowest BCUT2D eigenvalue weighted by atomic mass is 10.1. The number of hydrogen-bond donors (Lipinski definition) is 1. The number of benzene rings is 2. The number of anilines is 1. The molecule has 0 bridgehead atoms. The first-order valence-corrected chi connectivity index (χ1v) is 9.71. The van der Waals surface area contributed by atoms with Crippen LogP contribution in [0.25, 0.3) is 0 Å². The topological polar surface area (TPSA) is 52.7 Å². The summed E-state index contributed by atoms with van der Waals surface area (Å²) in [6.07, 6.45) is 1.64. The summed E-state index contributed by atoms with van der Waals surface area (Å²) < 4.78 is 13.0. The molecule has 2 aromatic rings. The van der Waals surface area contributed by atoms with Crippen LogP contribution in [0.4, 0.5) is 10.1 Å². The third-order valence-electron chi connectivity index (χ3n) is 4.94. The van der Waals surface area contributed by atoms with E-state index in [4.69, 9.17) is 0 Å². The van der Waals surface area contributed by atoms with E-state index < -0.39 is 0 Å². The molecule has 0 radical (unpaired) electrons. The SMILES string of the molecule is O=C(CC(=O)N1CCN(c2ccc(F)cc2)CC1)NCCCc1ccccc1. The van der Waals surface area contributed by atoms with Crippen LogP contribution in [0.5, 0.6) is 0 Å². The first kappa shape index (κ1) is 19.9. The molecule has 0 unspecified atom stereocenters. The molecule has 6 heteroatoms. The van der Waals surface area contributed by atoms with Crippen molar-refractivity contribution in [2.75, 3.05) is 37.6 Å². The van der Waals surface area contributed by atoms with Gasteiger partial charge in [-0.2, -0.15) is 0 Å². The van der Waals surface area contributed by atoms with E-state index in [1.54, 1.807) is 17.0 Å². The van der Waals surface area contributed by atoms with Crippen LogP contribution in [0.3, 0.4) is 0 Å². The van der Waals surface area contributed by atoms with Gasteiger partial charge in [-0.05, 0) is 42.7 Å². The molecular formula is C22H26FN3O2. The summed E-state index contributed by atoms with van der Waals surface area (Å²) in [4.78, 5) is 28.2. The quantitative estimate of drug-likeness (QED) is 0.591. The number of carbonyl (C=O) groups excluding carboxylic acids is 2. The maximum atomic E-state index is 13.0. The molecule has 0 aromatic heterocycles. The fraction of sp³-hybridized carbons (Fsp3) is 0.364. The van der Waals surface area contributed by atoms with Crippen molar-refractivity contribution in [2.24, 2.45) is 0 Å². The van der Waals surface area contributed by atoms with Gasteiger partial charge in [-0.1, -0.05) is 30.3 Å². The highest BCUT2D eigenvalue weighted by Crippen LogP contribution is 2.17. The molecular weight excluding hydrogens is 357 g/mol. The Kier molecular flexibility index (Phi) is 7.00. The monoisotopic (exact) mass is 383 g/mol. The molecule has 1 aliphatic heterocycles. The molecule has 0 aliphatic carbocycles. The summed E-state index contributed by atoms with van der Waals surface area (Å²) in [5.41, 5.74) is 2.19. The number of amides is 2. The Morgan fingerprint density at radius 1 is 0.929 bits per heavy atom. The average molecular weight is 383 g/mol. The van der Waals surface area contributed by atoms with Gasteiger partial charge in [0.2, 0.25) is 11.8 Å². The molecule has 0 saturated carbocycles. The summed E-state index contributed by atoms with van der Waals surface area (Å²) in [5, 5.41) is 2.83. The average Bonchev–Trinajstić information content (AvgIpc) is 2.73. The molecule has 1 saturated heterocycles. The predicted molar refractivity (Wildman–Crippen MR) is 108 cm³/mol. The van der Waals surface area contributed by atoms with Crippen molar-refractivity contribution in [3.8, 4) is 0 Å². The maximum absolute atomic E-state index is 13.0. The fourth-order valence-corrected chi connectivity index (χ4v) is 3.34. The molecule has 1 N–H and O–H groups in total. The molecule has 28 heavy (non-hydrogen) atoms. The Hall–Kier alpha value is -2.89. The van der Waals surface area contributed by atoms with Gasteiger partial charge in [-0.3, -0.25) is 9.59 Å². The molecule has 2 aromatic carbocycles. The van der Waals surface area contributed by atoms with Gasteiger partial charge in [0.25, 0.3) is 0 Å². The van der Waals surface area contributed by atoms with Gasteiger partial charge in [0.05, 0.1) is 0 Å². The predicted octanol–water partition coefficient (Wildman–Crippen LogP) is 2.61. The molecule has 5 nitrogen and oxygen atoms in total. The number of nitrogens with zero attached hydrogens (tertiary/aromatic N) is 2. The summed E-state index contributed by atoms with van der Waals surface area (Å²) in [6, 6.07) is 16.5. The number of halogens is 1. The number of aryl methyl sites for hydroxylation is 1. The van der Waals surface area contributed by atoms with Crippen molar-refractivity contribution in [1.29, 1.82) is 0 Å². The molecule has 1 fully saturated rings. The highest BCUT2D eigenvalue weighted by molar-refractivity contribution is 5.96. The maximum Gasteiger partial charge on any atom is 0.232 e. The lowest BCUT2D eigenvalue weighted by Crippen LogP contribution is -2.49. The Labute approximate surface area is 165 Å². The molecule has 1 aliphatic rings. The van der Waals surface area contributed by atoms with E-state index in [1.165, 1.54) is 17.7 Å². The van der Waals surface area contributed by atoms with Crippen LogP contribution in [0.2, 0.25) is 0 Å². The lowest BCUT2D eigenvalue weighted by Gasteiger charge is -2.36. The Morgan fingerprint density at radius 2 is 1.61 bits per heavy atom. The van der Waals surface area contributed by atoms with E-state index in [2.05, 4.69) is 22.3 Å². The van der Waals surface area contributed by atoms with Gasteiger partial charge in [0, 0.05) is 38.4 Å². The fourth-order valence-electron chi connectivity index (χ4n) is 3.34. The van der Waals surface area contributed by atoms with Gasteiger partial charge < -0.3 is 15.1 Å². The Morgan fingerprint density at radius 3 is 2.29 bits per heavy atom. The smallest absolute Gasteiger partial charge is 0.232 e. The number of nitrogens with one attached hydrogen (secondary N) is 1. The van der Waals surface area contributed by atoms with E-state index >= 15 is 0 Å². The van der Waals surface area contributed by atoms with Crippen LogP contribution >= 0.6 is 0 Å². The summed E-state index contributed by atoms with van der Waals surface area (Å²) in [7, 11) is 0. The number of hydrogen-bond acceptors (Lipinski definition) is 3. The minimum absolute atomic E-state index is 0.109. The zero-order valence-electron chi connectivity index (χ0n) is 15.9. The second-order valence-electron chi connectivity index (χ2n) is 6.96. The van der Waals surface area contributed by atoms with Gasteiger partial charge in [-0.15, -0.1) is 0 Å². The van der Waals surface area contributed by atoms with E-state index in [0.717, 1.165) is 18.5 Å². The van der Waals surface area contributed by atoms with E-state index in [9.17, 15) is 14.0 Å². The summed E-state index contributed by atoms with van der Waals surface area (Å²) >= 11 is 0. The van der Waals surface area contributed by atoms with E-state index in [0.29, 0.717) is 32.7 Å². The van der Waals surface area contributed by atoms with Crippen LogP contribution in [-0.2, 0) is 16.0 Å². The standard InChI is InChI=1S/C22H26FN3O2/c23-19-8-10-20(11-9-19)25-13-15-26(16-14-25)22(28)17-21(27)24-12-4-7-18-5-2-1-3-6-18/h1-3,5-6,8-11H,4,7,12-17H2,(H,24,27). The highest BCUT2D eigenvalue weighted by Gasteiger charge is 2.22. The second kappa shape index (κ2) is 9.88. The minimum Gasteiger partial charge on any atom is -0.368 e. The molecule has 3 rings (SSSR count). The third-order valence-corrected chi connectivity index (χ3v) is 4.94. The van der Waals surface area contributed by atoms with Crippen molar-refractivity contribution in [2.45, 2.75) is 19.3 Å². The van der Waals surface area contributed by atoms with Crippen LogP contribution in [0.15, 0.2) is 54.6 Å². The molecule has 148 valence electrons.